The zero-order valence-electron chi connectivity index (χ0n) is 29.6. The molecule has 0 aromatic heterocycles. The highest BCUT2D eigenvalue weighted by atomic mass is 16.6. The lowest BCUT2D eigenvalue weighted by molar-refractivity contribution is -0.156. The number of ether oxygens (including phenoxy) is 9. The van der Waals surface area contributed by atoms with E-state index in [9.17, 15) is 24.0 Å². The summed E-state index contributed by atoms with van der Waals surface area (Å²) in [7, 11) is 0. The van der Waals surface area contributed by atoms with Crippen LogP contribution in [0.25, 0.3) is 0 Å². The first-order chi connectivity index (χ1) is 25.7. The molecule has 2 aromatic carbocycles. The number of hydrogen-bond acceptors (Lipinski definition) is 14. The fourth-order valence-corrected chi connectivity index (χ4v) is 4.00. The topological polar surface area (TPSA) is 168 Å². The number of carbonyl (C=O) groups excluding carboxylic acids is 5. The molecule has 0 saturated heterocycles. The molecule has 2 aromatic rings. The first kappa shape index (κ1) is 43.4. The first-order valence-electron chi connectivity index (χ1n) is 16.7. The summed E-state index contributed by atoms with van der Waals surface area (Å²) < 4.78 is 48.1. The van der Waals surface area contributed by atoms with Crippen LogP contribution in [0.1, 0.15) is 36.0 Å². The average molecular weight is 739 g/mol. The number of unbranched alkanes of at least 4 members (excludes halogenated alkanes) is 2. The van der Waals surface area contributed by atoms with E-state index >= 15 is 0 Å². The van der Waals surface area contributed by atoms with Gasteiger partial charge in [0.05, 0.1) is 32.0 Å². The summed E-state index contributed by atoms with van der Waals surface area (Å²) in [5, 5.41) is 0. The fourth-order valence-electron chi connectivity index (χ4n) is 4.00. The number of benzene rings is 2. The molecule has 2 atom stereocenters. The molecule has 0 radical (unpaired) electrons. The molecule has 0 aliphatic rings. The van der Waals surface area contributed by atoms with Crippen LogP contribution in [0.15, 0.2) is 99.2 Å². The highest BCUT2D eigenvalue weighted by molar-refractivity contribution is 5.91. The van der Waals surface area contributed by atoms with Gasteiger partial charge in [0, 0.05) is 37.5 Å². The Bertz CT molecular complexity index is 1480. The first-order valence-corrected chi connectivity index (χ1v) is 16.7. The standard InChI is InChI=1S/C39H46O14/c1-5-35(40)49-27-33(51-37(42)7-3)25-45-21-9-11-23-47-30-15-13-29(14-16-30)39(44)53-32-19-17-31(18-20-32)48-24-12-10-22-46-26-34(52-38(43)8-4)28-50-36(41)6-2/h5-8,13-20,33-34H,1-4,9-12,21-28H2. The van der Waals surface area contributed by atoms with Gasteiger partial charge in [0.15, 0.2) is 12.2 Å². The molecule has 0 bridgehead atoms. The lowest BCUT2D eigenvalue weighted by Crippen LogP contribution is -2.29. The van der Waals surface area contributed by atoms with Gasteiger partial charge in [-0.15, -0.1) is 0 Å². The summed E-state index contributed by atoms with van der Waals surface area (Å²) in [6, 6.07) is 13.2. The SMILES string of the molecule is C=CC(=O)OCC(COCCCCOc1ccc(OC(=O)c2ccc(OCCCCOCC(COC(=O)C=C)OC(=O)C=C)cc2)cc1)OC(=O)C=C. The van der Waals surface area contributed by atoms with Crippen molar-refractivity contribution in [1.82, 2.24) is 0 Å². The van der Waals surface area contributed by atoms with Crippen LogP contribution in [0, 0.1) is 0 Å². The van der Waals surface area contributed by atoms with Gasteiger partial charge in [0.1, 0.15) is 30.5 Å². The lowest BCUT2D eigenvalue weighted by atomic mass is 10.2. The van der Waals surface area contributed by atoms with Crippen LogP contribution in [0.4, 0.5) is 0 Å². The second kappa shape index (κ2) is 26.1. The van der Waals surface area contributed by atoms with Crippen molar-refractivity contribution in [1.29, 1.82) is 0 Å². The van der Waals surface area contributed by atoms with Crippen LogP contribution in [0.2, 0.25) is 0 Å². The smallest absolute Gasteiger partial charge is 0.343 e. The van der Waals surface area contributed by atoms with Gasteiger partial charge in [-0.25, -0.2) is 24.0 Å². The van der Waals surface area contributed by atoms with E-state index in [4.69, 9.17) is 42.6 Å². The van der Waals surface area contributed by atoms with Crippen LogP contribution < -0.4 is 14.2 Å². The molecule has 0 heterocycles. The minimum Gasteiger partial charge on any atom is -0.494 e. The Labute approximate surface area is 308 Å². The predicted molar refractivity (Wildman–Crippen MR) is 191 cm³/mol. The Balaban J connectivity index is 1.62. The van der Waals surface area contributed by atoms with Crippen molar-refractivity contribution < 1.29 is 66.6 Å². The minimum atomic E-state index is -0.774. The predicted octanol–water partition coefficient (Wildman–Crippen LogP) is 4.91. The summed E-state index contributed by atoms with van der Waals surface area (Å²) >= 11 is 0. The molecule has 14 heteroatoms. The third-order valence-corrected chi connectivity index (χ3v) is 6.69. The van der Waals surface area contributed by atoms with E-state index in [1.54, 1.807) is 48.5 Å². The van der Waals surface area contributed by atoms with Gasteiger partial charge in [0.25, 0.3) is 0 Å². The number of rotatable bonds is 28. The Kier molecular flexibility index (Phi) is 21.4. The van der Waals surface area contributed by atoms with Crippen molar-refractivity contribution in [3.05, 3.63) is 105 Å². The van der Waals surface area contributed by atoms with Crippen molar-refractivity contribution >= 4 is 29.8 Å². The van der Waals surface area contributed by atoms with Gasteiger partial charge >= 0.3 is 29.8 Å². The molecule has 0 spiro atoms. The molecule has 2 rings (SSSR count). The van der Waals surface area contributed by atoms with Crippen LogP contribution in [0.5, 0.6) is 17.2 Å². The molecule has 0 amide bonds. The van der Waals surface area contributed by atoms with Crippen LogP contribution in [-0.4, -0.2) is 94.9 Å². The molecule has 0 N–H and O–H groups in total. The normalized spacial score (nSPS) is 11.5. The monoisotopic (exact) mass is 738 g/mol. The van der Waals surface area contributed by atoms with Crippen molar-refractivity contribution in [2.45, 2.75) is 37.9 Å². The van der Waals surface area contributed by atoms with Gasteiger partial charge in [-0.05, 0) is 74.2 Å². The zero-order chi connectivity index (χ0) is 38.7. The molecular weight excluding hydrogens is 692 g/mol. The quantitative estimate of drug-likeness (QED) is 0.0380. The van der Waals surface area contributed by atoms with Gasteiger partial charge in [-0.2, -0.15) is 0 Å². The Morgan fingerprint density at radius 1 is 0.491 bits per heavy atom. The summed E-state index contributed by atoms with van der Waals surface area (Å²) in [5.74, 6) is -1.56. The Morgan fingerprint density at radius 2 is 0.868 bits per heavy atom. The molecule has 0 saturated carbocycles. The molecule has 2 unspecified atom stereocenters. The number of carbonyl (C=O) groups is 5. The Hall–Kier alpha value is -5.73. The number of hydrogen-bond donors (Lipinski definition) is 0. The molecule has 0 aliphatic heterocycles. The van der Waals surface area contributed by atoms with E-state index in [2.05, 4.69) is 26.3 Å². The van der Waals surface area contributed by atoms with Gasteiger partial charge in [-0.3, -0.25) is 0 Å². The van der Waals surface area contributed by atoms with Crippen molar-refractivity contribution in [3.63, 3.8) is 0 Å². The molecule has 14 nitrogen and oxygen atoms in total. The summed E-state index contributed by atoms with van der Waals surface area (Å²) in [5.41, 5.74) is 0.349. The third-order valence-electron chi connectivity index (χ3n) is 6.69. The third kappa shape index (κ3) is 19.5. The number of esters is 5. The van der Waals surface area contributed by atoms with Gasteiger partial charge in [0.2, 0.25) is 0 Å². The van der Waals surface area contributed by atoms with Gasteiger partial charge < -0.3 is 42.6 Å². The lowest BCUT2D eigenvalue weighted by Gasteiger charge is -2.17. The summed E-state index contributed by atoms with van der Waals surface area (Å²) in [4.78, 5) is 58.2. The highest BCUT2D eigenvalue weighted by Crippen LogP contribution is 2.20. The van der Waals surface area contributed by atoms with Crippen LogP contribution >= 0.6 is 0 Å². The maximum absolute atomic E-state index is 12.6. The largest absolute Gasteiger partial charge is 0.494 e. The van der Waals surface area contributed by atoms with Crippen LogP contribution in [0.3, 0.4) is 0 Å². The maximum atomic E-state index is 12.6. The van der Waals surface area contributed by atoms with Crippen molar-refractivity contribution in [2.24, 2.45) is 0 Å². The molecule has 0 fully saturated rings. The second-order valence-corrected chi connectivity index (χ2v) is 10.8. The molecule has 0 aliphatic carbocycles. The van der Waals surface area contributed by atoms with E-state index in [1.807, 2.05) is 0 Å². The summed E-state index contributed by atoms with van der Waals surface area (Å²) in [6.45, 7) is 14.7. The summed E-state index contributed by atoms with van der Waals surface area (Å²) in [6.07, 6.45) is 5.20. The van der Waals surface area contributed by atoms with E-state index in [0.29, 0.717) is 74.9 Å². The van der Waals surface area contributed by atoms with Crippen molar-refractivity contribution in [3.8, 4) is 17.2 Å². The Morgan fingerprint density at radius 3 is 1.28 bits per heavy atom. The second-order valence-electron chi connectivity index (χ2n) is 10.8. The van der Waals surface area contributed by atoms with E-state index in [-0.39, 0.29) is 26.4 Å². The van der Waals surface area contributed by atoms with E-state index < -0.39 is 42.1 Å². The average Bonchev–Trinajstić information content (AvgIpc) is 3.18. The van der Waals surface area contributed by atoms with Crippen molar-refractivity contribution in [2.75, 3.05) is 52.9 Å². The van der Waals surface area contributed by atoms with E-state index in [0.717, 1.165) is 24.3 Å². The highest BCUT2D eigenvalue weighted by Gasteiger charge is 2.17. The molecular formula is C39H46O14. The van der Waals surface area contributed by atoms with E-state index in [1.165, 1.54) is 0 Å². The molecule has 286 valence electrons. The fraction of sp³-hybridized carbons (Fsp3) is 0.359. The van der Waals surface area contributed by atoms with Gasteiger partial charge in [-0.1, -0.05) is 26.3 Å². The zero-order valence-corrected chi connectivity index (χ0v) is 29.6. The molecule has 53 heavy (non-hydrogen) atoms. The minimum absolute atomic E-state index is 0.0419. The maximum Gasteiger partial charge on any atom is 0.343 e. The van der Waals surface area contributed by atoms with Crippen LogP contribution in [-0.2, 0) is 47.6 Å².